The van der Waals surface area contributed by atoms with E-state index in [0.29, 0.717) is 17.8 Å². The monoisotopic (exact) mass is 373 g/mol. The van der Waals surface area contributed by atoms with Crippen molar-refractivity contribution in [2.24, 2.45) is 0 Å². The summed E-state index contributed by atoms with van der Waals surface area (Å²) in [6.07, 6.45) is 2.22. The SMILES string of the molecule is Cc1cc(C)cc(NC(=O)c2cc(C(=O)NCCc3ccccc3)ccn2)c1. The standard InChI is InChI=1S/C23H23N3O2/c1-16-12-17(2)14-20(13-16)26-23(28)21-15-19(9-11-24-21)22(27)25-10-8-18-6-4-3-5-7-18/h3-7,9,11-15H,8,10H2,1-2H3,(H,25,27)(H,26,28). The van der Waals surface area contributed by atoms with Gasteiger partial charge in [0.25, 0.3) is 11.8 Å². The van der Waals surface area contributed by atoms with Crippen molar-refractivity contribution in [2.45, 2.75) is 20.3 Å². The normalized spacial score (nSPS) is 10.4. The summed E-state index contributed by atoms with van der Waals surface area (Å²) >= 11 is 0. The lowest BCUT2D eigenvalue weighted by atomic mass is 10.1. The van der Waals surface area contributed by atoms with Gasteiger partial charge in [0.2, 0.25) is 0 Å². The van der Waals surface area contributed by atoms with Gasteiger partial charge in [-0.05, 0) is 61.2 Å². The van der Waals surface area contributed by atoms with Crippen LogP contribution in [0.25, 0.3) is 0 Å². The molecule has 2 amide bonds. The average molecular weight is 373 g/mol. The number of hydrogen-bond donors (Lipinski definition) is 2. The highest BCUT2D eigenvalue weighted by Crippen LogP contribution is 2.15. The van der Waals surface area contributed by atoms with Gasteiger partial charge in [-0.25, -0.2) is 0 Å². The van der Waals surface area contributed by atoms with E-state index in [1.165, 1.54) is 12.3 Å². The fraction of sp³-hybridized carbons (Fsp3) is 0.174. The van der Waals surface area contributed by atoms with Crippen LogP contribution in [0.5, 0.6) is 0 Å². The van der Waals surface area contributed by atoms with Crippen molar-refractivity contribution >= 4 is 17.5 Å². The zero-order chi connectivity index (χ0) is 19.9. The molecular weight excluding hydrogens is 350 g/mol. The number of nitrogens with zero attached hydrogens (tertiary/aromatic N) is 1. The Morgan fingerprint density at radius 2 is 1.61 bits per heavy atom. The van der Waals surface area contributed by atoms with Crippen LogP contribution in [0.15, 0.2) is 66.9 Å². The van der Waals surface area contributed by atoms with Crippen molar-refractivity contribution < 1.29 is 9.59 Å². The van der Waals surface area contributed by atoms with Gasteiger partial charge in [-0.2, -0.15) is 0 Å². The molecule has 5 nitrogen and oxygen atoms in total. The fourth-order valence-corrected chi connectivity index (χ4v) is 3.01. The van der Waals surface area contributed by atoms with E-state index in [1.807, 2.05) is 62.4 Å². The second-order valence-electron chi connectivity index (χ2n) is 6.75. The first-order valence-electron chi connectivity index (χ1n) is 9.19. The van der Waals surface area contributed by atoms with E-state index < -0.39 is 0 Å². The lowest BCUT2D eigenvalue weighted by molar-refractivity contribution is 0.0954. The maximum absolute atomic E-state index is 12.5. The number of anilines is 1. The summed E-state index contributed by atoms with van der Waals surface area (Å²) in [6.45, 7) is 4.47. The summed E-state index contributed by atoms with van der Waals surface area (Å²) in [5, 5.41) is 5.72. The number of carbonyl (C=O) groups is 2. The molecule has 142 valence electrons. The lowest BCUT2D eigenvalue weighted by Gasteiger charge is -2.09. The van der Waals surface area contributed by atoms with Gasteiger partial charge >= 0.3 is 0 Å². The van der Waals surface area contributed by atoms with E-state index >= 15 is 0 Å². The molecule has 0 aliphatic heterocycles. The fourth-order valence-electron chi connectivity index (χ4n) is 3.01. The van der Waals surface area contributed by atoms with Gasteiger partial charge in [-0.3, -0.25) is 14.6 Å². The minimum atomic E-state index is -0.344. The van der Waals surface area contributed by atoms with Gasteiger partial charge in [0.05, 0.1) is 0 Å². The number of amides is 2. The Kier molecular flexibility index (Phi) is 6.17. The number of benzene rings is 2. The molecule has 3 aromatic rings. The summed E-state index contributed by atoms with van der Waals surface area (Å²) < 4.78 is 0. The third-order valence-corrected chi connectivity index (χ3v) is 4.28. The van der Waals surface area contributed by atoms with Crippen molar-refractivity contribution in [2.75, 3.05) is 11.9 Å². The van der Waals surface area contributed by atoms with E-state index in [1.54, 1.807) is 6.07 Å². The van der Waals surface area contributed by atoms with Crippen LogP contribution in [0.3, 0.4) is 0 Å². The number of hydrogen-bond acceptors (Lipinski definition) is 3. The minimum absolute atomic E-state index is 0.204. The summed E-state index contributed by atoms with van der Waals surface area (Å²) in [6, 6.07) is 18.9. The summed E-state index contributed by atoms with van der Waals surface area (Å²) in [5.41, 5.74) is 4.61. The van der Waals surface area contributed by atoms with Crippen LogP contribution in [0.1, 0.15) is 37.5 Å². The number of aryl methyl sites for hydroxylation is 2. The molecule has 0 atom stereocenters. The number of aromatic nitrogens is 1. The van der Waals surface area contributed by atoms with Crippen molar-refractivity contribution in [3.05, 3.63) is 94.8 Å². The van der Waals surface area contributed by atoms with Gasteiger partial charge < -0.3 is 10.6 Å². The maximum Gasteiger partial charge on any atom is 0.274 e. The highest BCUT2D eigenvalue weighted by atomic mass is 16.2. The van der Waals surface area contributed by atoms with E-state index in [2.05, 4.69) is 15.6 Å². The molecule has 0 aliphatic rings. The largest absolute Gasteiger partial charge is 0.352 e. The van der Waals surface area contributed by atoms with Crippen LogP contribution >= 0.6 is 0 Å². The highest BCUT2D eigenvalue weighted by Gasteiger charge is 2.12. The molecule has 0 aliphatic carbocycles. The van der Waals surface area contributed by atoms with E-state index in [9.17, 15) is 9.59 Å². The van der Waals surface area contributed by atoms with Crippen LogP contribution in [-0.4, -0.2) is 23.3 Å². The summed E-state index contributed by atoms with van der Waals surface area (Å²) in [7, 11) is 0. The van der Waals surface area contributed by atoms with Crippen LogP contribution in [0.4, 0.5) is 5.69 Å². The predicted molar refractivity (Wildman–Crippen MR) is 111 cm³/mol. The molecule has 0 fully saturated rings. The predicted octanol–water partition coefficient (Wildman–Crippen LogP) is 3.92. The topological polar surface area (TPSA) is 71.1 Å². The van der Waals surface area contributed by atoms with Gasteiger partial charge in [-0.1, -0.05) is 36.4 Å². The van der Waals surface area contributed by atoms with Crippen molar-refractivity contribution in [1.82, 2.24) is 10.3 Å². The highest BCUT2D eigenvalue weighted by molar-refractivity contribution is 6.04. The molecule has 0 spiro atoms. The Morgan fingerprint density at radius 3 is 2.32 bits per heavy atom. The van der Waals surface area contributed by atoms with Crippen molar-refractivity contribution in [3.8, 4) is 0 Å². The Morgan fingerprint density at radius 1 is 0.893 bits per heavy atom. The molecule has 1 aromatic heterocycles. The second-order valence-corrected chi connectivity index (χ2v) is 6.75. The number of rotatable bonds is 6. The molecular formula is C23H23N3O2. The number of nitrogens with one attached hydrogen (secondary N) is 2. The van der Waals surface area contributed by atoms with Crippen LogP contribution < -0.4 is 10.6 Å². The van der Waals surface area contributed by atoms with Crippen molar-refractivity contribution in [3.63, 3.8) is 0 Å². The first-order valence-corrected chi connectivity index (χ1v) is 9.19. The third-order valence-electron chi connectivity index (χ3n) is 4.28. The molecule has 0 saturated heterocycles. The Hall–Kier alpha value is -3.47. The second kappa shape index (κ2) is 8.95. The maximum atomic E-state index is 12.5. The molecule has 5 heteroatoms. The minimum Gasteiger partial charge on any atom is -0.352 e. The number of carbonyl (C=O) groups excluding carboxylic acids is 2. The summed E-state index contributed by atoms with van der Waals surface area (Å²) in [4.78, 5) is 29.0. The number of pyridine rings is 1. The molecule has 2 N–H and O–H groups in total. The first kappa shape index (κ1) is 19.3. The van der Waals surface area contributed by atoms with E-state index in [4.69, 9.17) is 0 Å². The molecule has 2 aromatic carbocycles. The molecule has 0 radical (unpaired) electrons. The Labute approximate surface area is 164 Å². The van der Waals surface area contributed by atoms with Gasteiger partial charge in [0.1, 0.15) is 5.69 Å². The van der Waals surface area contributed by atoms with E-state index in [-0.39, 0.29) is 17.5 Å². The first-order chi connectivity index (χ1) is 13.5. The molecule has 1 heterocycles. The average Bonchev–Trinajstić information content (AvgIpc) is 2.68. The molecule has 28 heavy (non-hydrogen) atoms. The van der Waals surface area contributed by atoms with Crippen LogP contribution in [-0.2, 0) is 6.42 Å². The van der Waals surface area contributed by atoms with E-state index in [0.717, 1.165) is 23.1 Å². The summed E-state index contributed by atoms with van der Waals surface area (Å²) in [5.74, 6) is -0.567. The zero-order valence-corrected chi connectivity index (χ0v) is 16.0. The third kappa shape index (κ3) is 5.27. The molecule has 0 bridgehead atoms. The van der Waals surface area contributed by atoms with Gasteiger partial charge in [0.15, 0.2) is 0 Å². The Bertz CT molecular complexity index is 964. The molecule has 3 rings (SSSR count). The van der Waals surface area contributed by atoms with Gasteiger partial charge in [-0.15, -0.1) is 0 Å². The van der Waals surface area contributed by atoms with Crippen LogP contribution in [0.2, 0.25) is 0 Å². The smallest absolute Gasteiger partial charge is 0.274 e. The Balaban J connectivity index is 1.62. The lowest BCUT2D eigenvalue weighted by Crippen LogP contribution is -2.26. The van der Waals surface area contributed by atoms with Gasteiger partial charge in [0, 0.05) is 24.0 Å². The molecule has 0 unspecified atom stereocenters. The quantitative estimate of drug-likeness (QED) is 0.688. The van der Waals surface area contributed by atoms with Crippen molar-refractivity contribution in [1.29, 1.82) is 0 Å². The molecule has 0 saturated carbocycles. The zero-order valence-electron chi connectivity index (χ0n) is 16.0. The van der Waals surface area contributed by atoms with Crippen LogP contribution in [0, 0.1) is 13.8 Å².